The summed E-state index contributed by atoms with van der Waals surface area (Å²) in [7, 11) is 0. The van der Waals surface area contributed by atoms with Crippen molar-refractivity contribution in [3.05, 3.63) is 57.0 Å². The maximum atomic E-state index is 13.4. The molecule has 17 heavy (non-hydrogen) atoms. The van der Waals surface area contributed by atoms with Crippen molar-refractivity contribution in [2.75, 3.05) is 0 Å². The van der Waals surface area contributed by atoms with Gasteiger partial charge in [0.05, 0.1) is 11.1 Å². The highest BCUT2D eigenvalue weighted by atomic mass is 35.5. The number of rotatable bonds is 4. The highest BCUT2D eigenvalue weighted by Crippen LogP contribution is 2.27. The molecule has 0 bridgehead atoms. The standard InChI is InChI=1S/C12H12ClFN2S/c13-12-9(2-1-3-10(12)14)11(16-15)6-8-4-5-17-7-8/h1-5,7,11,16H,6,15H2. The Hall–Kier alpha value is -0.940. The first kappa shape index (κ1) is 12.5. The predicted octanol–water partition coefficient (Wildman–Crippen LogP) is 3.29. The number of nitrogens with one attached hydrogen (secondary N) is 1. The van der Waals surface area contributed by atoms with Gasteiger partial charge in [0.25, 0.3) is 0 Å². The molecule has 3 N–H and O–H groups in total. The van der Waals surface area contributed by atoms with Gasteiger partial charge in [0.1, 0.15) is 5.82 Å². The molecule has 1 aromatic carbocycles. The fourth-order valence-corrected chi connectivity index (χ4v) is 2.63. The second-order valence-electron chi connectivity index (χ2n) is 3.70. The smallest absolute Gasteiger partial charge is 0.142 e. The molecule has 1 atom stereocenters. The van der Waals surface area contributed by atoms with Crippen LogP contribution in [0, 0.1) is 5.82 Å². The molecule has 2 nitrogen and oxygen atoms in total. The van der Waals surface area contributed by atoms with Gasteiger partial charge in [-0.15, -0.1) is 0 Å². The monoisotopic (exact) mass is 270 g/mol. The third-order valence-corrected chi connectivity index (χ3v) is 3.71. The van der Waals surface area contributed by atoms with Gasteiger partial charge in [-0.1, -0.05) is 23.7 Å². The lowest BCUT2D eigenvalue weighted by atomic mass is 10.0. The molecule has 1 unspecified atom stereocenters. The summed E-state index contributed by atoms with van der Waals surface area (Å²) in [4.78, 5) is 0. The first-order valence-corrected chi connectivity index (χ1v) is 6.45. The summed E-state index contributed by atoms with van der Waals surface area (Å²) < 4.78 is 13.4. The minimum Gasteiger partial charge on any atom is -0.271 e. The van der Waals surface area contributed by atoms with Crippen LogP contribution in [-0.4, -0.2) is 0 Å². The number of hydrogen-bond acceptors (Lipinski definition) is 3. The first-order valence-electron chi connectivity index (χ1n) is 5.13. The predicted molar refractivity (Wildman–Crippen MR) is 69.5 cm³/mol. The summed E-state index contributed by atoms with van der Waals surface area (Å²) in [6.07, 6.45) is 0.684. The second-order valence-corrected chi connectivity index (χ2v) is 4.86. The van der Waals surface area contributed by atoms with Crippen molar-refractivity contribution >= 4 is 22.9 Å². The molecule has 0 aliphatic carbocycles. The van der Waals surface area contributed by atoms with Gasteiger partial charge in [-0.3, -0.25) is 11.3 Å². The zero-order chi connectivity index (χ0) is 12.3. The van der Waals surface area contributed by atoms with Crippen molar-refractivity contribution in [2.45, 2.75) is 12.5 Å². The highest BCUT2D eigenvalue weighted by Gasteiger charge is 2.16. The molecular formula is C12H12ClFN2S. The Labute approximate surface area is 108 Å². The van der Waals surface area contributed by atoms with Crippen LogP contribution >= 0.6 is 22.9 Å². The summed E-state index contributed by atoms with van der Waals surface area (Å²) in [6.45, 7) is 0. The van der Waals surface area contributed by atoms with Crippen molar-refractivity contribution in [2.24, 2.45) is 5.84 Å². The molecule has 2 aromatic rings. The summed E-state index contributed by atoms with van der Waals surface area (Å²) >= 11 is 7.56. The second kappa shape index (κ2) is 5.60. The van der Waals surface area contributed by atoms with Crippen molar-refractivity contribution in [3.8, 4) is 0 Å². The fourth-order valence-electron chi connectivity index (χ4n) is 1.69. The minimum atomic E-state index is -0.422. The highest BCUT2D eigenvalue weighted by molar-refractivity contribution is 7.07. The molecule has 0 amide bonds. The molecular weight excluding hydrogens is 259 g/mol. The molecule has 1 heterocycles. The number of hydrogen-bond donors (Lipinski definition) is 2. The lowest BCUT2D eigenvalue weighted by molar-refractivity contribution is 0.545. The molecule has 5 heteroatoms. The topological polar surface area (TPSA) is 38.0 Å². The summed E-state index contributed by atoms with van der Waals surface area (Å²) in [5.41, 5.74) is 4.51. The zero-order valence-corrected chi connectivity index (χ0v) is 10.6. The van der Waals surface area contributed by atoms with Gasteiger partial charge < -0.3 is 0 Å². The number of benzene rings is 1. The molecule has 90 valence electrons. The molecule has 1 aromatic heterocycles. The number of nitrogens with two attached hydrogens (primary N) is 1. The van der Waals surface area contributed by atoms with E-state index in [1.54, 1.807) is 23.5 Å². The summed E-state index contributed by atoms with van der Waals surface area (Å²) in [5.74, 6) is 5.09. The van der Waals surface area contributed by atoms with Crippen molar-refractivity contribution in [3.63, 3.8) is 0 Å². The minimum absolute atomic E-state index is 0.130. The van der Waals surface area contributed by atoms with E-state index >= 15 is 0 Å². The third kappa shape index (κ3) is 2.84. The van der Waals surface area contributed by atoms with E-state index in [0.29, 0.717) is 12.0 Å². The van der Waals surface area contributed by atoms with Gasteiger partial charge in [-0.05, 0) is 40.4 Å². The molecule has 0 saturated carbocycles. The van der Waals surface area contributed by atoms with Gasteiger partial charge in [0.15, 0.2) is 0 Å². The largest absolute Gasteiger partial charge is 0.271 e. The Morgan fingerprint density at radius 2 is 2.24 bits per heavy atom. The molecule has 0 radical (unpaired) electrons. The fraction of sp³-hybridized carbons (Fsp3) is 0.167. The molecule has 2 rings (SSSR count). The summed E-state index contributed by atoms with van der Waals surface area (Å²) in [6, 6.07) is 6.58. The van der Waals surface area contributed by atoms with Crippen LogP contribution in [0.25, 0.3) is 0 Å². The van der Waals surface area contributed by atoms with Gasteiger partial charge in [-0.2, -0.15) is 11.3 Å². The van der Waals surface area contributed by atoms with Crippen LogP contribution in [-0.2, 0) is 6.42 Å². The van der Waals surface area contributed by atoms with Crippen LogP contribution in [0.15, 0.2) is 35.0 Å². The molecule has 0 saturated heterocycles. The van der Waals surface area contributed by atoms with E-state index in [4.69, 9.17) is 17.4 Å². The molecule has 0 aliphatic heterocycles. The molecule has 0 fully saturated rings. The average molecular weight is 271 g/mol. The van der Waals surface area contributed by atoms with E-state index < -0.39 is 5.82 Å². The van der Waals surface area contributed by atoms with Crippen LogP contribution in [0.3, 0.4) is 0 Å². The zero-order valence-electron chi connectivity index (χ0n) is 8.99. The van der Waals surface area contributed by atoms with E-state index in [9.17, 15) is 4.39 Å². The van der Waals surface area contributed by atoms with Gasteiger partial charge in [0.2, 0.25) is 0 Å². The van der Waals surface area contributed by atoms with Crippen LogP contribution in [0.4, 0.5) is 4.39 Å². The van der Waals surface area contributed by atoms with Crippen molar-refractivity contribution in [1.82, 2.24) is 5.43 Å². The van der Waals surface area contributed by atoms with Crippen LogP contribution in [0.1, 0.15) is 17.2 Å². The van der Waals surface area contributed by atoms with Gasteiger partial charge >= 0.3 is 0 Å². The lowest BCUT2D eigenvalue weighted by Crippen LogP contribution is -2.29. The van der Waals surface area contributed by atoms with E-state index in [1.807, 2.05) is 16.8 Å². The summed E-state index contributed by atoms with van der Waals surface area (Å²) in [5, 5.41) is 4.17. The van der Waals surface area contributed by atoms with Gasteiger partial charge in [0, 0.05) is 0 Å². The van der Waals surface area contributed by atoms with Crippen molar-refractivity contribution < 1.29 is 4.39 Å². The maximum Gasteiger partial charge on any atom is 0.142 e. The Kier molecular flexibility index (Phi) is 4.12. The molecule has 0 spiro atoms. The number of thiophene rings is 1. The first-order chi connectivity index (χ1) is 8.22. The quantitative estimate of drug-likeness (QED) is 0.661. The van der Waals surface area contributed by atoms with E-state index in [-0.39, 0.29) is 11.1 Å². The van der Waals surface area contributed by atoms with E-state index in [2.05, 4.69) is 5.43 Å². The number of hydrazine groups is 1. The Bertz CT molecular complexity index is 487. The maximum absolute atomic E-state index is 13.4. The Balaban J connectivity index is 2.26. The Morgan fingerprint density at radius 3 is 2.88 bits per heavy atom. The van der Waals surface area contributed by atoms with Gasteiger partial charge in [-0.25, -0.2) is 4.39 Å². The normalized spacial score (nSPS) is 12.6. The van der Waals surface area contributed by atoms with Crippen molar-refractivity contribution in [1.29, 1.82) is 0 Å². The third-order valence-electron chi connectivity index (χ3n) is 2.58. The lowest BCUT2D eigenvalue weighted by Gasteiger charge is -2.17. The van der Waals surface area contributed by atoms with E-state index in [0.717, 1.165) is 5.56 Å². The number of halogens is 2. The molecule has 0 aliphatic rings. The average Bonchev–Trinajstić information content (AvgIpc) is 2.83. The SMILES string of the molecule is NNC(Cc1ccsc1)c1cccc(F)c1Cl. The Morgan fingerprint density at radius 1 is 1.41 bits per heavy atom. The van der Waals surface area contributed by atoms with Crippen LogP contribution in [0.2, 0.25) is 5.02 Å². The van der Waals surface area contributed by atoms with Crippen LogP contribution < -0.4 is 11.3 Å². The van der Waals surface area contributed by atoms with Crippen LogP contribution in [0.5, 0.6) is 0 Å². The van der Waals surface area contributed by atoms with E-state index in [1.165, 1.54) is 6.07 Å².